The SMILES string of the molecule is COC(=C1/C(=C\N)O[C@@]2(c3ccc(Br)cc3)[C@H](c3ccccc3)CC[C@@]12O)C1CCCC1. The van der Waals surface area contributed by atoms with Gasteiger partial charge in [-0.05, 0) is 48.9 Å². The second-order valence-corrected chi connectivity index (χ2v) is 10.1. The third-order valence-corrected chi connectivity index (χ3v) is 8.18. The molecule has 1 heterocycles. The van der Waals surface area contributed by atoms with E-state index in [9.17, 15) is 5.11 Å². The van der Waals surface area contributed by atoms with Gasteiger partial charge in [0.15, 0.2) is 5.60 Å². The zero-order valence-electron chi connectivity index (χ0n) is 18.4. The molecule has 1 aliphatic heterocycles. The van der Waals surface area contributed by atoms with Crippen LogP contribution in [0.15, 0.2) is 82.4 Å². The van der Waals surface area contributed by atoms with Crippen LogP contribution in [0.1, 0.15) is 55.6 Å². The monoisotopic (exact) mass is 495 g/mol. The van der Waals surface area contributed by atoms with Crippen LogP contribution in [0.2, 0.25) is 0 Å². The van der Waals surface area contributed by atoms with Gasteiger partial charge in [-0.1, -0.05) is 71.2 Å². The summed E-state index contributed by atoms with van der Waals surface area (Å²) in [6, 6.07) is 18.5. The van der Waals surface area contributed by atoms with Crippen LogP contribution in [0.5, 0.6) is 0 Å². The molecule has 4 nitrogen and oxygen atoms in total. The summed E-state index contributed by atoms with van der Waals surface area (Å²) in [6.45, 7) is 0. The van der Waals surface area contributed by atoms with Gasteiger partial charge in [-0.15, -0.1) is 0 Å². The first kappa shape index (κ1) is 21.6. The number of halogens is 1. The van der Waals surface area contributed by atoms with Gasteiger partial charge in [0.25, 0.3) is 0 Å². The van der Waals surface area contributed by atoms with E-state index in [1.165, 1.54) is 19.0 Å². The van der Waals surface area contributed by atoms with Crippen molar-refractivity contribution in [3.8, 4) is 0 Å². The second-order valence-electron chi connectivity index (χ2n) is 9.16. The van der Waals surface area contributed by atoms with E-state index < -0.39 is 11.2 Å². The van der Waals surface area contributed by atoms with E-state index in [-0.39, 0.29) is 11.8 Å². The van der Waals surface area contributed by atoms with Crippen molar-refractivity contribution >= 4 is 15.9 Å². The van der Waals surface area contributed by atoms with Crippen LogP contribution in [-0.4, -0.2) is 17.8 Å². The predicted molar refractivity (Wildman–Crippen MR) is 129 cm³/mol. The van der Waals surface area contributed by atoms with Crippen LogP contribution in [0.3, 0.4) is 0 Å². The van der Waals surface area contributed by atoms with Gasteiger partial charge in [-0.25, -0.2) is 0 Å². The highest BCUT2D eigenvalue weighted by Crippen LogP contribution is 2.66. The molecule has 0 unspecified atom stereocenters. The number of hydrogen-bond acceptors (Lipinski definition) is 4. The zero-order valence-corrected chi connectivity index (χ0v) is 20.0. The Hall–Kier alpha value is -2.24. The molecule has 3 aliphatic rings. The quantitative estimate of drug-likeness (QED) is 0.520. The second kappa shape index (κ2) is 8.27. The van der Waals surface area contributed by atoms with Crippen molar-refractivity contribution in [2.75, 3.05) is 7.11 Å². The Kier molecular flexibility index (Phi) is 5.58. The molecule has 0 radical (unpaired) electrons. The number of fused-ring (bicyclic) bond motifs is 1. The van der Waals surface area contributed by atoms with Crippen molar-refractivity contribution in [1.82, 2.24) is 0 Å². The summed E-state index contributed by atoms with van der Waals surface area (Å²) >= 11 is 3.55. The number of nitrogens with two attached hydrogens (primary N) is 1. The normalized spacial score (nSPS) is 32.7. The topological polar surface area (TPSA) is 64.7 Å². The molecular weight excluding hydrogens is 466 g/mol. The minimum absolute atomic E-state index is 0.0241. The molecule has 32 heavy (non-hydrogen) atoms. The standard InChI is InChI=1S/C27H30BrNO3/c1-31-25(19-9-5-6-10-19)24-23(17-29)32-27(20-11-13-21(28)14-12-20)22(15-16-26(24,27)30)18-7-3-2-4-8-18/h2-4,7-8,11-14,17,19,22,30H,5-6,9-10,15-16,29H2,1H3/b23-17+,25-24?/t22-,26+,27-/m0/s1. The van der Waals surface area contributed by atoms with Crippen LogP contribution in [0.4, 0.5) is 0 Å². The first-order valence-electron chi connectivity index (χ1n) is 11.5. The van der Waals surface area contributed by atoms with Gasteiger partial charge >= 0.3 is 0 Å². The van der Waals surface area contributed by atoms with Crippen LogP contribution >= 0.6 is 15.9 Å². The van der Waals surface area contributed by atoms with E-state index in [1.54, 1.807) is 7.11 Å². The lowest BCUT2D eigenvalue weighted by molar-refractivity contribution is -0.0963. The Bertz CT molecular complexity index is 1040. The maximum atomic E-state index is 12.6. The van der Waals surface area contributed by atoms with Crippen LogP contribution in [-0.2, 0) is 15.1 Å². The molecule has 3 fully saturated rings. The number of ether oxygens (including phenoxy) is 2. The molecule has 3 atom stereocenters. The summed E-state index contributed by atoms with van der Waals surface area (Å²) in [6.07, 6.45) is 7.37. The van der Waals surface area contributed by atoms with Gasteiger partial charge in [-0.2, -0.15) is 0 Å². The van der Waals surface area contributed by atoms with Gasteiger partial charge in [0.2, 0.25) is 0 Å². The predicted octanol–water partition coefficient (Wildman–Crippen LogP) is 5.87. The molecule has 1 saturated heterocycles. The van der Waals surface area contributed by atoms with Crippen LogP contribution < -0.4 is 5.73 Å². The number of benzene rings is 2. The minimum atomic E-state index is -1.24. The van der Waals surface area contributed by atoms with Crippen molar-refractivity contribution in [2.45, 2.75) is 55.6 Å². The summed E-state index contributed by atoms with van der Waals surface area (Å²) < 4.78 is 13.8. The van der Waals surface area contributed by atoms with Crippen molar-refractivity contribution in [3.63, 3.8) is 0 Å². The summed E-state index contributed by atoms with van der Waals surface area (Å²) in [7, 11) is 1.71. The molecule has 2 aliphatic carbocycles. The molecule has 0 bridgehead atoms. The molecule has 2 aromatic rings. The minimum Gasteiger partial charge on any atom is -0.500 e. The number of rotatable bonds is 4. The molecule has 5 rings (SSSR count). The largest absolute Gasteiger partial charge is 0.500 e. The Morgan fingerprint density at radius 1 is 1.09 bits per heavy atom. The lowest BCUT2D eigenvalue weighted by Crippen LogP contribution is -2.48. The molecule has 0 aromatic heterocycles. The average molecular weight is 496 g/mol. The van der Waals surface area contributed by atoms with E-state index in [2.05, 4.69) is 40.2 Å². The smallest absolute Gasteiger partial charge is 0.174 e. The van der Waals surface area contributed by atoms with E-state index in [0.717, 1.165) is 46.2 Å². The van der Waals surface area contributed by atoms with Crippen molar-refractivity contribution in [3.05, 3.63) is 93.5 Å². The maximum Gasteiger partial charge on any atom is 0.174 e. The Morgan fingerprint density at radius 2 is 1.78 bits per heavy atom. The summed E-state index contributed by atoms with van der Waals surface area (Å²) in [5.41, 5.74) is 6.77. The molecule has 0 amide bonds. The van der Waals surface area contributed by atoms with Crippen molar-refractivity contribution in [1.29, 1.82) is 0 Å². The van der Waals surface area contributed by atoms with Gasteiger partial charge in [0.05, 0.1) is 12.7 Å². The third kappa shape index (κ3) is 3.05. The molecule has 2 saturated carbocycles. The van der Waals surface area contributed by atoms with E-state index in [0.29, 0.717) is 12.2 Å². The fourth-order valence-electron chi connectivity index (χ4n) is 6.31. The highest BCUT2D eigenvalue weighted by atomic mass is 79.9. The number of methoxy groups -OCH3 is 1. The van der Waals surface area contributed by atoms with E-state index in [1.807, 2.05) is 30.3 Å². The zero-order chi connectivity index (χ0) is 22.3. The summed E-state index contributed by atoms with van der Waals surface area (Å²) in [5, 5.41) is 12.6. The first-order chi connectivity index (χ1) is 15.5. The number of hydrogen-bond donors (Lipinski definition) is 2. The summed E-state index contributed by atoms with van der Waals surface area (Å²) in [4.78, 5) is 0. The fourth-order valence-corrected chi connectivity index (χ4v) is 6.58. The lowest BCUT2D eigenvalue weighted by atomic mass is 9.71. The Labute approximate surface area is 198 Å². The Balaban J connectivity index is 1.77. The average Bonchev–Trinajstić information content (AvgIpc) is 3.50. The molecule has 0 spiro atoms. The molecule has 3 N–H and O–H groups in total. The van der Waals surface area contributed by atoms with E-state index in [4.69, 9.17) is 15.2 Å². The van der Waals surface area contributed by atoms with Crippen LogP contribution in [0, 0.1) is 5.92 Å². The van der Waals surface area contributed by atoms with Gasteiger partial charge in [-0.3, -0.25) is 0 Å². The van der Waals surface area contributed by atoms with Crippen molar-refractivity contribution in [2.24, 2.45) is 11.7 Å². The highest BCUT2D eigenvalue weighted by Gasteiger charge is 2.70. The van der Waals surface area contributed by atoms with Gasteiger partial charge in [0, 0.05) is 22.5 Å². The third-order valence-electron chi connectivity index (χ3n) is 7.65. The lowest BCUT2D eigenvalue weighted by Gasteiger charge is -2.40. The van der Waals surface area contributed by atoms with Crippen molar-refractivity contribution < 1.29 is 14.6 Å². The highest BCUT2D eigenvalue weighted by molar-refractivity contribution is 9.10. The summed E-state index contributed by atoms with van der Waals surface area (Å²) in [5.74, 6) is 1.65. The maximum absolute atomic E-state index is 12.6. The van der Waals surface area contributed by atoms with E-state index >= 15 is 0 Å². The van der Waals surface area contributed by atoms with Gasteiger partial charge in [0.1, 0.15) is 17.1 Å². The number of allylic oxidation sites excluding steroid dienone is 1. The fraction of sp³-hybridized carbons (Fsp3) is 0.407. The number of aliphatic hydroxyl groups is 1. The Morgan fingerprint density at radius 3 is 2.41 bits per heavy atom. The molecule has 5 heteroatoms. The van der Waals surface area contributed by atoms with Gasteiger partial charge < -0.3 is 20.3 Å². The molecular formula is C27H30BrNO3. The molecule has 2 aromatic carbocycles. The molecule has 168 valence electrons. The van der Waals surface area contributed by atoms with Crippen LogP contribution in [0.25, 0.3) is 0 Å². The first-order valence-corrected chi connectivity index (χ1v) is 12.3.